The summed E-state index contributed by atoms with van der Waals surface area (Å²) in [5.74, 6) is 3.70. The van der Waals surface area contributed by atoms with E-state index in [0.717, 1.165) is 49.2 Å². The molecule has 0 aliphatic heterocycles. The second-order valence-electron chi connectivity index (χ2n) is 6.30. The maximum atomic E-state index is 5.62. The molecular formula is C16H24N6O. The fraction of sp³-hybridized carbons (Fsp3) is 0.625. The lowest BCUT2D eigenvalue weighted by Crippen LogP contribution is -2.19. The Morgan fingerprint density at radius 1 is 1.26 bits per heavy atom. The van der Waals surface area contributed by atoms with Crippen LogP contribution < -0.4 is 10.2 Å². The van der Waals surface area contributed by atoms with Crippen LogP contribution in [0.2, 0.25) is 0 Å². The van der Waals surface area contributed by atoms with Crippen LogP contribution in [0.1, 0.15) is 38.0 Å². The maximum absolute atomic E-state index is 5.62. The first-order chi connectivity index (χ1) is 11.1. The van der Waals surface area contributed by atoms with Crippen molar-refractivity contribution in [2.75, 3.05) is 24.3 Å². The van der Waals surface area contributed by atoms with Gasteiger partial charge in [0.25, 0.3) is 0 Å². The molecule has 0 radical (unpaired) electrons. The van der Waals surface area contributed by atoms with Gasteiger partial charge >= 0.3 is 0 Å². The molecule has 1 fully saturated rings. The molecule has 0 amide bonds. The van der Waals surface area contributed by atoms with Gasteiger partial charge in [-0.3, -0.25) is 0 Å². The monoisotopic (exact) mass is 316 g/mol. The van der Waals surface area contributed by atoms with Crippen LogP contribution in [-0.2, 0) is 12.8 Å². The molecule has 0 aromatic carbocycles. The van der Waals surface area contributed by atoms with E-state index in [9.17, 15) is 0 Å². The summed E-state index contributed by atoms with van der Waals surface area (Å²) in [5.41, 5.74) is 0. The Balaban J connectivity index is 1.54. The highest BCUT2D eigenvalue weighted by Gasteiger charge is 2.26. The van der Waals surface area contributed by atoms with Gasteiger partial charge in [0.2, 0.25) is 17.7 Å². The third kappa shape index (κ3) is 3.97. The van der Waals surface area contributed by atoms with Crippen LogP contribution >= 0.6 is 0 Å². The Kier molecular flexibility index (Phi) is 4.73. The van der Waals surface area contributed by atoms with Gasteiger partial charge in [-0.25, -0.2) is 4.98 Å². The van der Waals surface area contributed by atoms with E-state index in [2.05, 4.69) is 25.5 Å². The molecule has 1 aliphatic carbocycles. The van der Waals surface area contributed by atoms with Gasteiger partial charge in [-0.2, -0.15) is 4.98 Å². The molecule has 2 heterocycles. The standard InChI is InChI=1S/C16H24N6O/c1-4-14-20-21-15(23-14)10-11-5-6-12(9-11)18-13-7-8-17-16(19-13)22(2)3/h7-8,11-12H,4-6,9-10H2,1-3H3,(H,17,18,19)/t11-,12+/m1/s1. The normalized spacial score (nSPS) is 20.7. The zero-order valence-corrected chi connectivity index (χ0v) is 14.0. The van der Waals surface area contributed by atoms with Crippen molar-refractivity contribution in [2.45, 2.75) is 45.1 Å². The number of hydrogen-bond donors (Lipinski definition) is 1. The molecule has 0 spiro atoms. The minimum absolute atomic E-state index is 0.443. The lowest BCUT2D eigenvalue weighted by atomic mass is 10.0. The Labute approximate surface area is 136 Å². The summed E-state index contributed by atoms with van der Waals surface area (Å²) in [6, 6.07) is 2.37. The van der Waals surface area contributed by atoms with Crippen LogP contribution in [0.15, 0.2) is 16.7 Å². The number of anilines is 2. The summed E-state index contributed by atoms with van der Waals surface area (Å²) < 4.78 is 5.62. The minimum Gasteiger partial charge on any atom is -0.425 e. The quantitative estimate of drug-likeness (QED) is 0.876. The molecule has 7 nitrogen and oxygen atoms in total. The van der Waals surface area contributed by atoms with Gasteiger partial charge in [0.05, 0.1) is 0 Å². The lowest BCUT2D eigenvalue weighted by molar-refractivity contribution is 0.409. The van der Waals surface area contributed by atoms with E-state index in [1.54, 1.807) is 6.20 Å². The molecule has 2 atom stereocenters. The number of rotatable bonds is 6. The van der Waals surface area contributed by atoms with E-state index in [-0.39, 0.29) is 0 Å². The number of nitrogens with one attached hydrogen (secondary N) is 1. The Morgan fingerprint density at radius 2 is 2.09 bits per heavy atom. The van der Waals surface area contributed by atoms with Gasteiger partial charge in [-0.15, -0.1) is 10.2 Å². The highest BCUT2D eigenvalue weighted by atomic mass is 16.4. The highest BCUT2D eigenvalue weighted by molar-refractivity contribution is 5.41. The zero-order valence-electron chi connectivity index (χ0n) is 14.0. The van der Waals surface area contributed by atoms with Crippen molar-refractivity contribution in [3.63, 3.8) is 0 Å². The van der Waals surface area contributed by atoms with Crippen molar-refractivity contribution in [1.29, 1.82) is 0 Å². The molecule has 1 N–H and O–H groups in total. The molecule has 2 aromatic rings. The van der Waals surface area contributed by atoms with Crippen molar-refractivity contribution in [1.82, 2.24) is 20.2 Å². The second-order valence-corrected chi connectivity index (χ2v) is 6.30. The molecule has 2 aromatic heterocycles. The van der Waals surface area contributed by atoms with Crippen molar-refractivity contribution < 1.29 is 4.42 Å². The van der Waals surface area contributed by atoms with Crippen molar-refractivity contribution in [2.24, 2.45) is 5.92 Å². The molecule has 7 heteroatoms. The van der Waals surface area contributed by atoms with Gasteiger partial charge in [0.15, 0.2) is 0 Å². The fourth-order valence-corrected chi connectivity index (χ4v) is 3.01. The predicted octanol–water partition coefficient (Wildman–Crippen LogP) is 2.31. The van der Waals surface area contributed by atoms with Crippen LogP contribution in [0.5, 0.6) is 0 Å². The number of aromatic nitrogens is 4. The molecule has 23 heavy (non-hydrogen) atoms. The molecule has 3 rings (SSSR count). The summed E-state index contributed by atoms with van der Waals surface area (Å²) in [6.45, 7) is 2.02. The molecule has 0 saturated heterocycles. The average molecular weight is 316 g/mol. The van der Waals surface area contributed by atoms with E-state index in [4.69, 9.17) is 4.42 Å². The third-order valence-electron chi connectivity index (χ3n) is 4.21. The van der Waals surface area contributed by atoms with Gasteiger partial charge in [-0.05, 0) is 31.2 Å². The van der Waals surface area contributed by atoms with E-state index in [0.29, 0.717) is 12.0 Å². The van der Waals surface area contributed by atoms with Gasteiger partial charge in [0, 0.05) is 39.2 Å². The molecule has 0 unspecified atom stereocenters. The van der Waals surface area contributed by atoms with E-state index in [1.165, 1.54) is 6.42 Å². The predicted molar refractivity (Wildman–Crippen MR) is 88.5 cm³/mol. The molecule has 1 saturated carbocycles. The van der Waals surface area contributed by atoms with Crippen molar-refractivity contribution >= 4 is 11.8 Å². The van der Waals surface area contributed by atoms with Gasteiger partial charge in [-0.1, -0.05) is 6.92 Å². The van der Waals surface area contributed by atoms with E-state index >= 15 is 0 Å². The average Bonchev–Trinajstić information content (AvgIpc) is 3.17. The Bertz CT molecular complexity index is 641. The van der Waals surface area contributed by atoms with Gasteiger partial charge < -0.3 is 14.6 Å². The highest BCUT2D eigenvalue weighted by Crippen LogP contribution is 2.30. The zero-order chi connectivity index (χ0) is 16.2. The van der Waals surface area contributed by atoms with Crippen molar-refractivity contribution in [3.8, 4) is 0 Å². The first-order valence-corrected chi connectivity index (χ1v) is 8.22. The Morgan fingerprint density at radius 3 is 2.83 bits per heavy atom. The van der Waals surface area contributed by atoms with E-state index in [1.807, 2.05) is 32.0 Å². The number of hydrogen-bond acceptors (Lipinski definition) is 7. The SMILES string of the molecule is CCc1nnc(C[C@@H]2CC[C@H](Nc3ccnc(N(C)C)n3)C2)o1. The first-order valence-electron chi connectivity index (χ1n) is 8.22. The molecule has 124 valence electrons. The van der Waals surface area contributed by atoms with Crippen LogP contribution in [0, 0.1) is 5.92 Å². The Hall–Kier alpha value is -2.18. The second kappa shape index (κ2) is 6.93. The maximum Gasteiger partial charge on any atom is 0.226 e. The smallest absolute Gasteiger partial charge is 0.226 e. The number of nitrogens with zero attached hydrogens (tertiary/aromatic N) is 5. The summed E-state index contributed by atoms with van der Waals surface area (Å²) in [6.07, 6.45) is 6.88. The first kappa shape index (κ1) is 15.7. The third-order valence-corrected chi connectivity index (χ3v) is 4.21. The van der Waals surface area contributed by atoms with Crippen molar-refractivity contribution in [3.05, 3.63) is 24.0 Å². The molecule has 1 aliphatic rings. The molecule has 0 bridgehead atoms. The number of aryl methyl sites for hydroxylation is 1. The summed E-state index contributed by atoms with van der Waals surface area (Å²) in [4.78, 5) is 10.7. The summed E-state index contributed by atoms with van der Waals surface area (Å²) in [5, 5.41) is 11.7. The van der Waals surface area contributed by atoms with Gasteiger partial charge in [0.1, 0.15) is 5.82 Å². The summed E-state index contributed by atoms with van der Waals surface area (Å²) >= 11 is 0. The minimum atomic E-state index is 0.443. The van der Waals surface area contributed by atoms with Crippen LogP contribution in [-0.4, -0.2) is 40.3 Å². The topological polar surface area (TPSA) is 80.0 Å². The largest absolute Gasteiger partial charge is 0.425 e. The van der Waals surface area contributed by atoms with Crippen LogP contribution in [0.25, 0.3) is 0 Å². The fourth-order valence-electron chi connectivity index (χ4n) is 3.01. The summed E-state index contributed by atoms with van der Waals surface area (Å²) in [7, 11) is 3.89. The van der Waals surface area contributed by atoms with Crippen LogP contribution in [0.4, 0.5) is 11.8 Å². The lowest BCUT2D eigenvalue weighted by Gasteiger charge is -2.15. The van der Waals surface area contributed by atoms with Crippen LogP contribution in [0.3, 0.4) is 0 Å². The molecular weight excluding hydrogens is 292 g/mol. The van der Waals surface area contributed by atoms with E-state index < -0.39 is 0 Å².